The average molecular weight is 624 g/mol. The van der Waals surface area contributed by atoms with Gasteiger partial charge in [-0.25, -0.2) is 13.2 Å². The molecule has 0 spiro atoms. The molecular formula is C28H34ClN3O9S. The minimum absolute atomic E-state index is 0.0103. The van der Waals surface area contributed by atoms with Gasteiger partial charge in [0.25, 0.3) is 5.91 Å². The third kappa shape index (κ3) is 9.08. The first-order valence-corrected chi connectivity index (χ1v) is 15.3. The van der Waals surface area contributed by atoms with Crippen molar-refractivity contribution < 1.29 is 41.8 Å². The van der Waals surface area contributed by atoms with Crippen LogP contribution in [0.1, 0.15) is 43.6 Å². The number of nitrogens with zero attached hydrogens (tertiary/aromatic N) is 2. The number of esters is 1. The molecular weight excluding hydrogens is 590 g/mol. The molecule has 0 saturated carbocycles. The molecule has 0 saturated heterocycles. The van der Waals surface area contributed by atoms with Crippen LogP contribution in [-0.4, -0.2) is 80.7 Å². The Bertz CT molecular complexity index is 1460. The first-order chi connectivity index (χ1) is 19.5. The molecule has 42 heavy (non-hydrogen) atoms. The third-order valence-electron chi connectivity index (χ3n) is 5.94. The number of hydrogen-bond acceptors (Lipinski definition) is 9. The van der Waals surface area contributed by atoms with Gasteiger partial charge < -0.3 is 24.4 Å². The average Bonchev–Trinajstić information content (AvgIpc) is 3.00. The molecule has 0 fully saturated rings. The Balaban J connectivity index is 1.83. The van der Waals surface area contributed by atoms with Crippen molar-refractivity contribution in [3.63, 3.8) is 0 Å². The molecule has 2 aromatic carbocycles. The van der Waals surface area contributed by atoms with E-state index in [4.69, 9.17) is 25.8 Å². The number of halogens is 1. The van der Waals surface area contributed by atoms with Crippen molar-refractivity contribution in [2.45, 2.75) is 45.2 Å². The quantitative estimate of drug-likeness (QED) is 0.328. The number of alkyl carbamates (subject to hydrolysis) is 1. The van der Waals surface area contributed by atoms with E-state index in [1.165, 1.54) is 34.9 Å². The molecule has 0 aromatic heterocycles. The molecule has 14 heteroatoms. The van der Waals surface area contributed by atoms with Gasteiger partial charge in [0.2, 0.25) is 5.91 Å². The fourth-order valence-electron chi connectivity index (χ4n) is 4.05. The van der Waals surface area contributed by atoms with E-state index in [-0.39, 0.29) is 36.9 Å². The standard InChI is InChI=1S/C28H34ClN3O9S/c1-18(33)39-12-13-40-20-10-11-21(22(29)14-20)26(35)32-17-25(34)31(15-19-8-6-7-9-23(19)32)16-24(42(5,37)38)30-27(36)41-28(2,3)4/h6-11,14,24H,12-13,15-17H2,1-5H3,(H,30,36). The first-order valence-electron chi connectivity index (χ1n) is 13.0. The lowest BCUT2D eigenvalue weighted by molar-refractivity contribution is -0.141. The van der Waals surface area contributed by atoms with Crippen LogP contribution in [0.4, 0.5) is 10.5 Å². The van der Waals surface area contributed by atoms with Gasteiger partial charge in [-0.15, -0.1) is 0 Å². The van der Waals surface area contributed by atoms with Crippen LogP contribution >= 0.6 is 11.6 Å². The zero-order valence-electron chi connectivity index (χ0n) is 24.0. The zero-order chi connectivity index (χ0) is 31.2. The predicted octanol–water partition coefficient (Wildman–Crippen LogP) is 3.17. The molecule has 2 aromatic rings. The summed E-state index contributed by atoms with van der Waals surface area (Å²) in [5, 5.41) is 0.973. The number of hydrogen-bond donors (Lipinski definition) is 1. The topological polar surface area (TPSA) is 149 Å². The number of benzene rings is 2. The van der Waals surface area contributed by atoms with Crippen LogP contribution in [0.2, 0.25) is 5.02 Å². The lowest BCUT2D eigenvalue weighted by Gasteiger charge is -2.28. The van der Waals surface area contributed by atoms with Gasteiger partial charge in [0.15, 0.2) is 15.2 Å². The second-order valence-corrected chi connectivity index (χ2v) is 13.2. The van der Waals surface area contributed by atoms with Gasteiger partial charge >= 0.3 is 12.1 Å². The van der Waals surface area contributed by atoms with Gasteiger partial charge in [-0.2, -0.15) is 0 Å². The maximum atomic E-state index is 13.7. The van der Waals surface area contributed by atoms with Crippen molar-refractivity contribution >= 4 is 51.0 Å². The number of para-hydroxylation sites is 1. The number of ether oxygens (including phenoxy) is 3. The van der Waals surface area contributed by atoms with E-state index in [9.17, 15) is 27.6 Å². The molecule has 1 heterocycles. The maximum absolute atomic E-state index is 13.7. The molecule has 1 N–H and O–H groups in total. The lowest BCUT2D eigenvalue weighted by atomic mass is 10.1. The number of fused-ring (bicyclic) bond motifs is 1. The Kier molecular flexibility index (Phi) is 10.4. The Morgan fingerprint density at radius 1 is 1.07 bits per heavy atom. The summed E-state index contributed by atoms with van der Waals surface area (Å²) in [7, 11) is -3.86. The molecule has 1 unspecified atom stereocenters. The molecule has 3 rings (SSSR count). The Morgan fingerprint density at radius 3 is 2.38 bits per heavy atom. The van der Waals surface area contributed by atoms with Crippen molar-refractivity contribution in [3.8, 4) is 5.75 Å². The zero-order valence-corrected chi connectivity index (χ0v) is 25.6. The molecule has 1 atom stereocenters. The second-order valence-electron chi connectivity index (χ2n) is 10.6. The van der Waals surface area contributed by atoms with Gasteiger partial charge in [-0.3, -0.25) is 19.3 Å². The fraction of sp³-hybridized carbons (Fsp3) is 0.429. The van der Waals surface area contributed by atoms with E-state index in [1.54, 1.807) is 45.0 Å². The van der Waals surface area contributed by atoms with Crippen molar-refractivity contribution in [1.29, 1.82) is 0 Å². The number of carbonyl (C=O) groups excluding carboxylic acids is 4. The number of nitrogens with one attached hydrogen (secondary N) is 1. The van der Waals surface area contributed by atoms with Crippen LogP contribution in [0, 0.1) is 0 Å². The van der Waals surface area contributed by atoms with E-state index < -0.39 is 51.2 Å². The predicted molar refractivity (Wildman–Crippen MR) is 155 cm³/mol. The van der Waals surface area contributed by atoms with E-state index >= 15 is 0 Å². The summed E-state index contributed by atoms with van der Waals surface area (Å²) in [5.74, 6) is -1.18. The number of amides is 3. The smallest absolute Gasteiger partial charge is 0.408 e. The van der Waals surface area contributed by atoms with Crippen molar-refractivity contribution in [2.24, 2.45) is 0 Å². The molecule has 228 valence electrons. The normalized spacial score (nSPS) is 14.4. The molecule has 0 radical (unpaired) electrons. The monoisotopic (exact) mass is 623 g/mol. The minimum atomic E-state index is -3.86. The van der Waals surface area contributed by atoms with Crippen molar-refractivity contribution in [2.75, 3.05) is 37.5 Å². The maximum Gasteiger partial charge on any atom is 0.408 e. The fourth-order valence-corrected chi connectivity index (χ4v) is 5.06. The van der Waals surface area contributed by atoms with Crippen LogP contribution in [0.5, 0.6) is 5.75 Å². The van der Waals surface area contributed by atoms with E-state index in [0.717, 1.165) is 6.26 Å². The van der Waals surface area contributed by atoms with E-state index in [2.05, 4.69) is 5.32 Å². The second kappa shape index (κ2) is 13.4. The summed E-state index contributed by atoms with van der Waals surface area (Å²) < 4.78 is 40.7. The SMILES string of the molecule is CC(=O)OCCOc1ccc(C(=O)N2CC(=O)N(CC(NC(=O)OC(C)(C)C)S(C)(=O)=O)Cc3ccccc32)c(Cl)c1. The summed E-state index contributed by atoms with van der Waals surface area (Å²) in [6.07, 6.45) is 0.0122. The van der Waals surface area contributed by atoms with Crippen LogP contribution in [0.15, 0.2) is 42.5 Å². The number of anilines is 1. The Hall–Kier alpha value is -3.84. The van der Waals surface area contributed by atoms with Gasteiger partial charge in [-0.1, -0.05) is 29.8 Å². The Morgan fingerprint density at radius 2 is 1.76 bits per heavy atom. The summed E-state index contributed by atoms with van der Waals surface area (Å²) in [4.78, 5) is 53.0. The molecule has 3 amide bonds. The Labute approximate surface area is 249 Å². The molecule has 1 aliphatic rings. The summed E-state index contributed by atoms with van der Waals surface area (Å²) in [5.41, 5.74) is 0.287. The number of rotatable bonds is 9. The third-order valence-corrected chi connectivity index (χ3v) is 7.56. The first kappa shape index (κ1) is 32.7. The molecule has 0 bridgehead atoms. The summed E-state index contributed by atoms with van der Waals surface area (Å²) in [6, 6.07) is 11.3. The molecule has 1 aliphatic heterocycles. The summed E-state index contributed by atoms with van der Waals surface area (Å²) >= 11 is 6.43. The van der Waals surface area contributed by atoms with Crippen LogP contribution in [0.3, 0.4) is 0 Å². The molecule has 12 nitrogen and oxygen atoms in total. The van der Waals surface area contributed by atoms with Gasteiger partial charge in [0, 0.05) is 25.4 Å². The highest BCUT2D eigenvalue weighted by Gasteiger charge is 2.34. The van der Waals surface area contributed by atoms with Crippen molar-refractivity contribution in [1.82, 2.24) is 10.2 Å². The van der Waals surface area contributed by atoms with Gasteiger partial charge in [-0.05, 0) is 50.6 Å². The van der Waals surface area contributed by atoms with Crippen molar-refractivity contribution in [3.05, 3.63) is 58.6 Å². The highest BCUT2D eigenvalue weighted by Crippen LogP contribution is 2.30. The minimum Gasteiger partial charge on any atom is -0.490 e. The largest absolute Gasteiger partial charge is 0.490 e. The van der Waals surface area contributed by atoms with Gasteiger partial charge in [0.1, 0.15) is 31.1 Å². The van der Waals surface area contributed by atoms with Crippen LogP contribution < -0.4 is 15.0 Å². The van der Waals surface area contributed by atoms with Crippen LogP contribution in [0.25, 0.3) is 0 Å². The summed E-state index contributed by atoms with van der Waals surface area (Å²) in [6.45, 7) is 5.55. The highest BCUT2D eigenvalue weighted by molar-refractivity contribution is 7.91. The van der Waals surface area contributed by atoms with Gasteiger partial charge in [0.05, 0.1) is 17.1 Å². The van der Waals surface area contributed by atoms with E-state index in [1.807, 2.05) is 0 Å². The number of sulfone groups is 1. The molecule has 0 aliphatic carbocycles. The number of carbonyl (C=O) groups is 4. The van der Waals surface area contributed by atoms with Crippen LogP contribution in [-0.2, 0) is 35.4 Å². The lowest BCUT2D eigenvalue weighted by Crippen LogP contribution is -2.51. The van der Waals surface area contributed by atoms with E-state index in [0.29, 0.717) is 17.0 Å². The highest BCUT2D eigenvalue weighted by atomic mass is 35.5.